The molecule has 0 amide bonds. The molecule has 0 radical (unpaired) electrons. The highest BCUT2D eigenvalue weighted by Crippen LogP contribution is 2.14. The smallest absolute Gasteiger partial charge is 0.208 e. The first-order valence-corrected chi connectivity index (χ1v) is 4.99. The average molecular weight is 202 g/mol. The van der Waals surface area contributed by atoms with E-state index in [1.54, 1.807) is 0 Å². The molecule has 2 aromatic rings. The van der Waals surface area contributed by atoms with Crippen molar-refractivity contribution in [2.75, 3.05) is 0 Å². The maximum Gasteiger partial charge on any atom is 0.208 e. The topological polar surface area (TPSA) is 52.0 Å². The Bertz CT molecular complexity index is 434. The van der Waals surface area contributed by atoms with Crippen molar-refractivity contribution in [1.82, 2.24) is 4.98 Å². The van der Waals surface area contributed by atoms with E-state index in [2.05, 4.69) is 17.1 Å². The van der Waals surface area contributed by atoms with Crippen LogP contribution in [-0.4, -0.2) is 4.98 Å². The average Bonchev–Trinajstić information content (AvgIpc) is 2.61. The van der Waals surface area contributed by atoms with Crippen molar-refractivity contribution in [3.05, 3.63) is 53.2 Å². The highest BCUT2D eigenvalue weighted by molar-refractivity contribution is 5.23. The fraction of sp³-hybridized carbons (Fsp3) is 0.250. The molecule has 2 rings (SSSR count). The molecule has 78 valence electrons. The van der Waals surface area contributed by atoms with E-state index in [1.807, 2.05) is 25.1 Å². The van der Waals surface area contributed by atoms with Gasteiger partial charge in [-0.15, -0.1) is 0 Å². The lowest BCUT2D eigenvalue weighted by molar-refractivity contribution is 0.473. The molecule has 0 atom stereocenters. The zero-order valence-corrected chi connectivity index (χ0v) is 8.73. The Balaban J connectivity index is 2.21. The van der Waals surface area contributed by atoms with Crippen LogP contribution in [0.25, 0.3) is 0 Å². The Morgan fingerprint density at radius 3 is 2.60 bits per heavy atom. The van der Waals surface area contributed by atoms with Gasteiger partial charge < -0.3 is 10.2 Å². The van der Waals surface area contributed by atoms with Gasteiger partial charge in [-0.05, 0) is 12.5 Å². The van der Waals surface area contributed by atoms with Crippen LogP contribution < -0.4 is 5.73 Å². The summed E-state index contributed by atoms with van der Waals surface area (Å²) in [4.78, 5) is 4.33. The van der Waals surface area contributed by atoms with Crippen LogP contribution in [-0.2, 0) is 13.0 Å². The molecule has 0 saturated heterocycles. The molecule has 0 fully saturated rings. The lowest BCUT2D eigenvalue weighted by Gasteiger charge is -1.97. The van der Waals surface area contributed by atoms with Crippen LogP contribution in [0, 0.1) is 6.92 Å². The highest BCUT2D eigenvalue weighted by Gasteiger charge is 2.08. The van der Waals surface area contributed by atoms with Gasteiger partial charge in [0.05, 0.1) is 12.2 Å². The second-order valence-corrected chi connectivity index (χ2v) is 3.48. The number of nitrogens with zero attached hydrogens (tertiary/aromatic N) is 1. The SMILES string of the molecule is Cc1oc(CN)nc1Cc1ccccc1. The van der Waals surface area contributed by atoms with E-state index < -0.39 is 0 Å². The molecule has 0 saturated carbocycles. The van der Waals surface area contributed by atoms with Crippen molar-refractivity contribution in [2.24, 2.45) is 5.73 Å². The van der Waals surface area contributed by atoms with Crippen molar-refractivity contribution in [2.45, 2.75) is 19.9 Å². The van der Waals surface area contributed by atoms with Crippen molar-refractivity contribution < 1.29 is 4.42 Å². The van der Waals surface area contributed by atoms with Crippen LogP contribution in [0.5, 0.6) is 0 Å². The van der Waals surface area contributed by atoms with Gasteiger partial charge in [0.25, 0.3) is 0 Å². The third-order valence-electron chi connectivity index (χ3n) is 2.33. The normalized spacial score (nSPS) is 10.5. The van der Waals surface area contributed by atoms with Crippen LogP contribution in [0.2, 0.25) is 0 Å². The monoisotopic (exact) mass is 202 g/mol. The number of benzene rings is 1. The summed E-state index contributed by atoms with van der Waals surface area (Å²) in [6, 6.07) is 10.2. The molecule has 0 unspecified atom stereocenters. The maximum atomic E-state index is 5.47. The van der Waals surface area contributed by atoms with Crippen LogP contribution in [0.3, 0.4) is 0 Å². The predicted molar refractivity (Wildman–Crippen MR) is 58.4 cm³/mol. The first kappa shape index (κ1) is 9.93. The number of hydrogen-bond acceptors (Lipinski definition) is 3. The molecule has 1 heterocycles. The fourth-order valence-electron chi connectivity index (χ4n) is 1.53. The van der Waals surface area contributed by atoms with E-state index in [0.29, 0.717) is 12.4 Å². The van der Waals surface area contributed by atoms with Crippen LogP contribution in [0.4, 0.5) is 0 Å². The van der Waals surface area contributed by atoms with Gasteiger partial charge in [-0.25, -0.2) is 4.98 Å². The van der Waals surface area contributed by atoms with Gasteiger partial charge in [-0.2, -0.15) is 0 Å². The van der Waals surface area contributed by atoms with E-state index in [4.69, 9.17) is 10.2 Å². The maximum absolute atomic E-state index is 5.47. The summed E-state index contributed by atoms with van der Waals surface area (Å²) < 4.78 is 5.40. The van der Waals surface area contributed by atoms with Gasteiger partial charge in [0.1, 0.15) is 5.76 Å². The summed E-state index contributed by atoms with van der Waals surface area (Å²) in [6.07, 6.45) is 0.802. The first-order valence-electron chi connectivity index (χ1n) is 4.99. The quantitative estimate of drug-likeness (QED) is 0.828. The molecule has 2 N–H and O–H groups in total. The first-order chi connectivity index (χ1) is 7.29. The van der Waals surface area contributed by atoms with Crippen molar-refractivity contribution in [3.63, 3.8) is 0 Å². The van der Waals surface area contributed by atoms with Gasteiger partial charge >= 0.3 is 0 Å². The molecule has 0 spiro atoms. The van der Waals surface area contributed by atoms with Gasteiger partial charge in [0, 0.05) is 6.42 Å². The molecule has 0 bridgehead atoms. The molecule has 15 heavy (non-hydrogen) atoms. The second-order valence-electron chi connectivity index (χ2n) is 3.48. The number of rotatable bonds is 3. The van der Waals surface area contributed by atoms with Crippen molar-refractivity contribution >= 4 is 0 Å². The van der Waals surface area contributed by atoms with Crippen molar-refractivity contribution in [3.8, 4) is 0 Å². The molecule has 3 heteroatoms. The van der Waals surface area contributed by atoms with Crippen LogP contribution >= 0.6 is 0 Å². The zero-order chi connectivity index (χ0) is 10.7. The minimum atomic E-state index is 0.357. The summed E-state index contributed by atoms with van der Waals surface area (Å²) in [7, 11) is 0. The largest absolute Gasteiger partial charge is 0.444 e. The minimum absolute atomic E-state index is 0.357. The van der Waals surface area contributed by atoms with E-state index in [1.165, 1.54) is 5.56 Å². The molecule has 1 aromatic carbocycles. The standard InChI is InChI=1S/C12H14N2O/c1-9-11(14-12(8-13)15-9)7-10-5-3-2-4-6-10/h2-6H,7-8,13H2,1H3. The zero-order valence-electron chi connectivity index (χ0n) is 8.73. The summed E-state index contributed by atoms with van der Waals surface area (Å²) in [5.74, 6) is 1.47. The lowest BCUT2D eigenvalue weighted by Crippen LogP contribution is -1.96. The number of aromatic nitrogens is 1. The Kier molecular flexibility index (Phi) is 2.83. The molecule has 3 nitrogen and oxygen atoms in total. The molecule has 0 aliphatic heterocycles. The molecular formula is C12H14N2O. The summed E-state index contributed by atoms with van der Waals surface area (Å²) in [5.41, 5.74) is 7.68. The summed E-state index contributed by atoms with van der Waals surface area (Å²) in [5, 5.41) is 0. The number of nitrogens with two attached hydrogens (primary N) is 1. The molecule has 0 aliphatic carbocycles. The van der Waals surface area contributed by atoms with Gasteiger partial charge in [0.2, 0.25) is 5.89 Å². The van der Waals surface area contributed by atoms with E-state index in [0.717, 1.165) is 17.9 Å². The summed E-state index contributed by atoms with van der Waals surface area (Å²) >= 11 is 0. The molecule has 1 aromatic heterocycles. The lowest BCUT2D eigenvalue weighted by atomic mass is 10.1. The fourth-order valence-corrected chi connectivity index (χ4v) is 1.53. The van der Waals surface area contributed by atoms with Gasteiger partial charge in [-0.3, -0.25) is 0 Å². The number of aryl methyl sites for hydroxylation is 1. The van der Waals surface area contributed by atoms with Crippen LogP contribution in [0.15, 0.2) is 34.7 Å². The third-order valence-corrected chi connectivity index (χ3v) is 2.33. The Morgan fingerprint density at radius 1 is 1.27 bits per heavy atom. The Hall–Kier alpha value is -1.61. The molecule has 0 aliphatic rings. The van der Waals surface area contributed by atoms with Crippen LogP contribution in [0.1, 0.15) is 22.9 Å². The van der Waals surface area contributed by atoms with E-state index >= 15 is 0 Å². The predicted octanol–water partition coefficient (Wildman–Crippen LogP) is 2.03. The second kappa shape index (κ2) is 4.28. The van der Waals surface area contributed by atoms with Crippen molar-refractivity contribution in [1.29, 1.82) is 0 Å². The Morgan fingerprint density at radius 2 is 2.00 bits per heavy atom. The Labute approximate surface area is 88.9 Å². The minimum Gasteiger partial charge on any atom is -0.444 e. The van der Waals surface area contributed by atoms with Gasteiger partial charge in [0.15, 0.2) is 0 Å². The summed E-state index contributed by atoms with van der Waals surface area (Å²) in [6.45, 7) is 2.28. The highest BCUT2D eigenvalue weighted by atomic mass is 16.4. The third kappa shape index (κ3) is 2.25. The van der Waals surface area contributed by atoms with E-state index in [-0.39, 0.29) is 0 Å². The molecular weight excluding hydrogens is 188 g/mol. The number of hydrogen-bond donors (Lipinski definition) is 1. The number of oxazole rings is 1. The van der Waals surface area contributed by atoms with E-state index in [9.17, 15) is 0 Å². The van der Waals surface area contributed by atoms with Gasteiger partial charge in [-0.1, -0.05) is 30.3 Å².